The maximum Gasteiger partial charge on any atom is 0.411 e. The van der Waals surface area contributed by atoms with Crippen LogP contribution in [0.1, 0.15) is 30.4 Å². The average Bonchev–Trinajstić information content (AvgIpc) is 2.53. The predicted octanol–water partition coefficient (Wildman–Crippen LogP) is 3.68. The van der Waals surface area contributed by atoms with E-state index in [1.807, 2.05) is 12.1 Å². The summed E-state index contributed by atoms with van der Waals surface area (Å²) < 4.78 is 40.6. The number of hydrogen-bond acceptors (Lipinski definition) is 2. The lowest BCUT2D eigenvalue weighted by molar-refractivity contribution is -0.176. The van der Waals surface area contributed by atoms with Crippen LogP contribution in [0, 0.1) is 0 Å². The Bertz CT molecular complexity index is 514. The number of ether oxygens (including phenoxy) is 1. The fourth-order valence-corrected chi connectivity index (χ4v) is 2.42. The van der Waals surface area contributed by atoms with Crippen LogP contribution in [0.2, 0.25) is 0 Å². The van der Waals surface area contributed by atoms with Gasteiger partial charge in [0.1, 0.15) is 6.61 Å². The molecule has 0 aromatic heterocycles. The molecular formula is C16H23F3IN3O. The van der Waals surface area contributed by atoms with E-state index >= 15 is 0 Å². The number of halogens is 4. The Labute approximate surface area is 157 Å². The summed E-state index contributed by atoms with van der Waals surface area (Å²) in [5.74, 6) is 0.558. The number of guanidine groups is 1. The summed E-state index contributed by atoms with van der Waals surface area (Å²) in [7, 11) is 0. The van der Waals surface area contributed by atoms with E-state index in [0.717, 1.165) is 31.5 Å². The highest BCUT2D eigenvalue weighted by Gasteiger charge is 2.27. The Morgan fingerprint density at radius 2 is 1.67 bits per heavy atom. The van der Waals surface area contributed by atoms with Crippen molar-refractivity contribution in [2.75, 3.05) is 19.7 Å². The van der Waals surface area contributed by atoms with E-state index in [9.17, 15) is 13.2 Å². The molecule has 0 saturated carbocycles. The van der Waals surface area contributed by atoms with Crippen LogP contribution in [0.3, 0.4) is 0 Å². The number of alkyl halides is 3. The Morgan fingerprint density at radius 3 is 2.25 bits per heavy atom. The molecule has 0 radical (unpaired) electrons. The number of benzene rings is 1. The molecule has 1 aromatic rings. The van der Waals surface area contributed by atoms with Crippen LogP contribution in [-0.4, -0.2) is 36.7 Å². The van der Waals surface area contributed by atoms with Crippen molar-refractivity contribution in [1.82, 2.24) is 4.90 Å². The summed E-state index contributed by atoms with van der Waals surface area (Å²) >= 11 is 0. The number of aliphatic imine (C=N–C) groups is 1. The van der Waals surface area contributed by atoms with Gasteiger partial charge < -0.3 is 15.4 Å². The van der Waals surface area contributed by atoms with Gasteiger partial charge in [0.2, 0.25) is 0 Å². The first kappa shape index (κ1) is 21.0. The minimum Gasteiger partial charge on any atom is -0.370 e. The largest absolute Gasteiger partial charge is 0.411 e. The summed E-state index contributed by atoms with van der Waals surface area (Å²) in [5, 5.41) is 0. The first-order chi connectivity index (χ1) is 10.9. The summed E-state index contributed by atoms with van der Waals surface area (Å²) in [6.45, 7) is 1.08. The van der Waals surface area contributed by atoms with Gasteiger partial charge >= 0.3 is 6.18 Å². The van der Waals surface area contributed by atoms with Gasteiger partial charge in [-0.3, -0.25) is 0 Å². The van der Waals surface area contributed by atoms with E-state index in [1.54, 1.807) is 12.1 Å². The van der Waals surface area contributed by atoms with Crippen molar-refractivity contribution < 1.29 is 17.9 Å². The third kappa shape index (κ3) is 7.69. The van der Waals surface area contributed by atoms with Crippen molar-refractivity contribution in [3.05, 3.63) is 35.4 Å². The van der Waals surface area contributed by atoms with Gasteiger partial charge in [0.25, 0.3) is 0 Å². The van der Waals surface area contributed by atoms with Crippen LogP contribution in [-0.2, 0) is 17.9 Å². The third-order valence-corrected chi connectivity index (χ3v) is 3.66. The van der Waals surface area contributed by atoms with Gasteiger partial charge in [-0.1, -0.05) is 24.3 Å². The molecule has 136 valence electrons. The van der Waals surface area contributed by atoms with Crippen molar-refractivity contribution in [3.63, 3.8) is 0 Å². The van der Waals surface area contributed by atoms with Crippen LogP contribution < -0.4 is 5.73 Å². The van der Waals surface area contributed by atoms with E-state index in [-0.39, 0.29) is 30.6 Å². The molecule has 1 aromatic carbocycles. The Hall–Kier alpha value is -1.03. The van der Waals surface area contributed by atoms with Crippen molar-refractivity contribution in [2.45, 2.75) is 38.6 Å². The first-order valence-corrected chi connectivity index (χ1v) is 7.71. The predicted molar refractivity (Wildman–Crippen MR) is 98.3 cm³/mol. The molecule has 1 aliphatic heterocycles. The topological polar surface area (TPSA) is 50.9 Å². The Kier molecular flexibility index (Phi) is 8.82. The minimum atomic E-state index is -4.29. The lowest BCUT2D eigenvalue weighted by atomic mass is 10.1. The normalized spacial score (nSPS) is 16.0. The molecule has 8 heteroatoms. The van der Waals surface area contributed by atoms with Gasteiger partial charge in [-0.15, -0.1) is 24.0 Å². The van der Waals surface area contributed by atoms with Crippen molar-refractivity contribution in [3.8, 4) is 0 Å². The van der Waals surface area contributed by atoms with Crippen molar-refractivity contribution in [2.24, 2.45) is 10.7 Å². The van der Waals surface area contributed by atoms with Crippen LogP contribution in [0.25, 0.3) is 0 Å². The van der Waals surface area contributed by atoms with E-state index in [4.69, 9.17) is 5.73 Å². The average molecular weight is 457 g/mol. The smallest absolute Gasteiger partial charge is 0.370 e. The maximum atomic E-state index is 12.0. The monoisotopic (exact) mass is 457 g/mol. The van der Waals surface area contributed by atoms with Crippen LogP contribution >= 0.6 is 24.0 Å². The molecule has 1 saturated heterocycles. The van der Waals surface area contributed by atoms with Gasteiger partial charge in [0, 0.05) is 13.1 Å². The van der Waals surface area contributed by atoms with Crippen LogP contribution in [0.15, 0.2) is 29.3 Å². The maximum absolute atomic E-state index is 12.0. The minimum absolute atomic E-state index is 0. The van der Waals surface area contributed by atoms with Gasteiger partial charge in [0.05, 0.1) is 13.2 Å². The molecule has 24 heavy (non-hydrogen) atoms. The SMILES string of the molecule is I.NC(=NCc1ccc(COCC(F)(F)F)cc1)N1CCCCC1. The van der Waals surface area contributed by atoms with E-state index in [2.05, 4.69) is 14.6 Å². The number of hydrogen-bond donors (Lipinski definition) is 1. The zero-order chi connectivity index (χ0) is 16.7. The molecule has 0 bridgehead atoms. The number of likely N-dealkylation sites (tertiary alicyclic amines) is 1. The molecule has 2 rings (SSSR count). The number of nitrogens with zero attached hydrogens (tertiary/aromatic N) is 2. The lowest BCUT2D eigenvalue weighted by Crippen LogP contribution is -2.40. The molecule has 0 aliphatic carbocycles. The molecular weight excluding hydrogens is 434 g/mol. The molecule has 0 amide bonds. The molecule has 1 aliphatic rings. The number of rotatable bonds is 5. The Morgan fingerprint density at radius 1 is 1.08 bits per heavy atom. The second kappa shape index (κ2) is 10.1. The number of piperidine rings is 1. The van der Waals surface area contributed by atoms with Crippen molar-refractivity contribution >= 4 is 29.9 Å². The summed E-state index contributed by atoms with van der Waals surface area (Å²) in [6, 6.07) is 7.16. The van der Waals surface area contributed by atoms with E-state index < -0.39 is 12.8 Å². The third-order valence-electron chi connectivity index (χ3n) is 3.66. The molecule has 2 N–H and O–H groups in total. The fourth-order valence-electron chi connectivity index (χ4n) is 2.42. The van der Waals surface area contributed by atoms with Gasteiger partial charge in [-0.05, 0) is 30.4 Å². The fraction of sp³-hybridized carbons (Fsp3) is 0.562. The summed E-state index contributed by atoms with van der Waals surface area (Å²) in [6.07, 6.45) is -0.770. The first-order valence-electron chi connectivity index (χ1n) is 7.71. The Balaban J connectivity index is 0.00000288. The highest BCUT2D eigenvalue weighted by atomic mass is 127. The second-order valence-electron chi connectivity index (χ2n) is 5.65. The highest BCUT2D eigenvalue weighted by molar-refractivity contribution is 14.0. The molecule has 0 atom stereocenters. The second-order valence-corrected chi connectivity index (χ2v) is 5.65. The number of nitrogens with two attached hydrogens (primary N) is 1. The molecule has 1 heterocycles. The van der Waals surface area contributed by atoms with Crippen molar-refractivity contribution in [1.29, 1.82) is 0 Å². The lowest BCUT2D eigenvalue weighted by Gasteiger charge is -2.27. The van der Waals surface area contributed by atoms with E-state index in [0.29, 0.717) is 18.1 Å². The standard InChI is InChI=1S/C16H22F3N3O.HI/c17-16(18,19)12-23-11-14-6-4-13(5-7-14)10-21-15(20)22-8-2-1-3-9-22;/h4-7H,1-3,8-12H2,(H2,20,21);1H. The van der Waals surface area contributed by atoms with Gasteiger partial charge in [-0.25, -0.2) is 4.99 Å². The summed E-state index contributed by atoms with van der Waals surface area (Å²) in [5.41, 5.74) is 7.64. The molecule has 4 nitrogen and oxygen atoms in total. The van der Waals surface area contributed by atoms with E-state index in [1.165, 1.54) is 6.42 Å². The molecule has 0 spiro atoms. The molecule has 0 unspecified atom stereocenters. The quantitative estimate of drug-likeness (QED) is 0.417. The highest BCUT2D eigenvalue weighted by Crippen LogP contribution is 2.16. The molecule has 1 fully saturated rings. The zero-order valence-corrected chi connectivity index (χ0v) is 15.7. The van der Waals surface area contributed by atoms with Gasteiger partial charge in [-0.2, -0.15) is 13.2 Å². The summed E-state index contributed by atoms with van der Waals surface area (Å²) in [4.78, 5) is 6.47. The van der Waals surface area contributed by atoms with Gasteiger partial charge in [0.15, 0.2) is 5.96 Å². The zero-order valence-electron chi connectivity index (χ0n) is 13.4. The van der Waals surface area contributed by atoms with Crippen LogP contribution in [0.4, 0.5) is 13.2 Å². The van der Waals surface area contributed by atoms with Crippen LogP contribution in [0.5, 0.6) is 0 Å².